The van der Waals surface area contributed by atoms with Crippen molar-refractivity contribution >= 4 is 13.8 Å². The number of hydrogen-bond donors (Lipinski definition) is 1. The number of oxime groups is 1. The second kappa shape index (κ2) is 8.21. The summed E-state index contributed by atoms with van der Waals surface area (Å²) in [7, 11) is -0.253. The highest BCUT2D eigenvalue weighted by atomic mass is 28.3. The Kier molecular flexibility index (Phi) is 6.90. The van der Waals surface area contributed by atoms with Crippen LogP contribution < -0.4 is 4.74 Å². The summed E-state index contributed by atoms with van der Waals surface area (Å²) >= 11 is 0. The van der Waals surface area contributed by atoms with Gasteiger partial charge in [-0.1, -0.05) is 58.8 Å². The number of rotatable bonds is 5. The molecule has 0 aliphatic carbocycles. The maximum Gasteiger partial charge on any atom is 0.162 e. The molecule has 0 bridgehead atoms. The zero-order valence-corrected chi connectivity index (χ0v) is 16.3. The molecule has 0 saturated heterocycles. The summed E-state index contributed by atoms with van der Waals surface area (Å²) in [5, 5.41) is 12.9. The SMILES string of the molecule is COc1ccccc1/C(C#C[Si](C(C)C)(C(C)C)C(C)C)=N/O. The van der Waals surface area contributed by atoms with Crippen LogP contribution in [0.1, 0.15) is 47.1 Å². The third-order valence-corrected chi connectivity index (χ3v) is 11.0. The van der Waals surface area contributed by atoms with Gasteiger partial charge in [-0.05, 0) is 34.7 Å². The highest BCUT2D eigenvalue weighted by Crippen LogP contribution is 2.40. The Morgan fingerprint density at radius 3 is 2.00 bits per heavy atom. The molecule has 0 amide bonds. The van der Waals surface area contributed by atoms with Gasteiger partial charge in [0, 0.05) is 0 Å². The van der Waals surface area contributed by atoms with E-state index >= 15 is 0 Å². The van der Waals surface area contributed by atoms with Crippen molar-refractivity contribution in [1.82, 2.24) is 0 Å². The maximum absolute atomic E-state index is 9.46. The Hall–Kier alpha value is -1.73. The first-order chi connectivity index (χ1) is 10.8. The number of methoxy groups -OCH3 is 1. The van der Waals surface area contributed by atoms with Gasteiger partial charge in [-0.25, -0.2) is 0 Å². The molecule has 0 fully saturated rings. The van der Waals surface area contributed by atoms with E-state index in [2.05, 4.69) is 58.2 Å². The summed E-state index contributed by atoms with van der Waals surface area (Å²) < 4.78 is 5.35. The van der Waals surface area contributed by atoms with Crippen molar-refractivity contribution in [3.63, 3.8) is 0 Å². The van der Waals surface area contributed by atoms with Gasteiger partial charge in [0.05, 0.1) is 12.7 Å². The second-order valence-electron chi connectivity index (χ2n) is 6.80. The van der Waals surface area contributed by atoms with Gasteiger partial charge in [0.1, 0.15) is 13.8 Å². The first-order valence-electron chi connectivity index (χ1n) is 8.19. The molecule has 0 aliphatic rings. The van der Waals surface area contributed by atoms with Gasteiger partial charge in [-0.3, -0.25) is 0 Å². The Morgan fingerprint density at radius 2 is 1.57 bits per heavy atom. The summed E-state index contributed by atoms with van der Waals surface area (Å²) in [6.07, 6.45) is 0. The number of ether oxygens (including phenoxy) is 1. The van der Waals surface area contributed by atoms with Gasteiger partial charge in [-0.2, -0.15) is 0 Å². The fourth-order valence-corrected chi connectivity index (χ4v) is 8.79. The van der Waals surface area contributed by atoms with E-state index in [-0.39, 0.29) is 0 Å². The summed E-state index contributed by atoms with van der Waals surface area (Å²) in [6.45, 7) is 13.6. The molecule has 0 radical (unpaired) electrons. The molecule has 23 heavy (non-hydrogen) atoms. The zero-order valence-electron chi connectivity index (χ0n) is 15.3. The molecule has 0 heterocycles. The standard InChI is InChI=1S/C19H29NO2Si/c1-14(2)23(15(3)4,16(5)6)13-12-18(20-21)17-10-8-9-11-19(17)22-7/h8-11,14-16,21H,1-7H3/b20-18+. The fourth-order valence-electron chi connectivity index (χ4n) is 3.59. The summed E-state index contributed by atoms with van der Waals surface area (Å²) in [4.78, 5) is 0. The molecule has 126 valence electrons. The number of para-hydroxylation sites is 1. The minimum absolute atomic E-state index is 0.376. The summed E-state index contributed by atoms with van der Waals surface area (Å²) in [6, 6.07) is 7.50. The molecule has 1 aromatic rings. The molecular weight excluding hydrogens is 302 g/mol. The van der Waals surface area contributed by atoms with Crippen LogP contribution in [0.4, 0.5) is 0 Å². The van der Waals surface area contributed by atoms with Crippen LogP contribution in [0.2, 0.25) is 16.6 Å². The van der Waals surface area contributed by atoms with E-state index in [0.717, 1.165) is 5.56 Å². The van der Waals surface area contributed by atoms with E-state index in [4.69, 9.17) is 4.74 Å². The molecule has 1 N–H and O–H groups in total. The molecule has 1 aromatic carbocycles. The molecule has 0 aliphatic heterocycles. The second-order valence-corrected chi connectivity index (χ2v) is 12.4. The van der Waals surface area contributed by atoms with Crippen LogP contribution in [0.3, 0.4) is 0 Å². The number of nitrogens with zero attached hydrogens (tertiary/aromatic N) is 1. The minimum atomic E-state index is -1.86. The van der Waals surface area contributed by atoms with Crippen LogP contribution >= 0.6 is 0 Å². The van der Waals surface area contributed by atoms with Crippen molar-refractivity contribution in [2.45, 2.75) is 58.2 Å². The van der Waals surface area contributed by atoms with Crippen LogP contribution in [-0.4, -0.2) is 26.1 Å². The monoisotopic (exact) mass is 331 g/mol. The number of hydrogen-bond acceptors (Lipinski definition) is 3. The maximum atomic E-state index is 9.46. The van der Waals surface area contributed by atoms with E-state index in [9.17, 15) is 5.21 Å². The topological polar surface area (TPSA) is 41.8 Å². The van der Waals surface area contributed by atoms with Crippen LogP contribution in [0.25, 0.3) is 0 Å². The molecule has 3 nitrogen and oxygen atoms in total. The first-order valence-corrected chi connectivity index (χ1v) is 10.4. The summed E-state index contributed by atoms with van der Waals surface area (Å²) in [5.41, 5.74) is 6.28. The van der Waals surface area contributed by atoms with Crippen molar-refractivity contribution in [2.75, 3.05) is 7.11 Å². The lowest BCUT2D eigenvalue weighted by Gasteiger charge is -2.38. The van der Waals surface area contributed by atoms with Gasteiger partial charge >= 0.3 is 0 Å². The van der Waals surface area contributed by atoms with Gasteiger partial charge < -0.3 is 9.94 Å². The Bertz CT molecular complexity index is 588. The molecule has 0 saturated carbocycles. The zero-order chi connectivity index (χ0) is 17.6. The predicted octanol–water partition coefficient (Wildman–Crippen LogP) is 5.09. The van der Waals surface area contributed by atoms with E-state index in [0.29, 0.717) is 28.1 Å². The highest BCUT2D eigenvalue weighted by Gasteiger charge is 2.41. The lowest BCUT2D eigenvalue weighted by molar-refractivity contribution is 0.320. The third-order valence-electron chi connectivity index (χ3n) is 4.73. The van der Waals surface area contributed by atoms with Crippen molar-refractivity contribution in [2.24, 2.45) is 5.16 Å². The molecule has 4 heteroatoms. The van der Waals surface area contributed by atoms with Crippen LogP contribution in [-0.2, 0) is 0 Å². The van der Waals surface area contributed by atoms with E-state index in [1.807, 2.05) is 24.3 Å². The normalized spacial score (nSPS) is 12.5. The molecule has 0 spiro atoms. The Morgan fingerprint density at radius 1 is 1.04 bits per heavy atom. The Balaban J connectivity index is 3.39. The molecule has 1 rings (SSSR count). The largest absolute Gasteiger partial charge is 0.496 e. The fraction of sp³-hybridized carbons (Fsp3) is 0.526. The molecule has 0 aromatic heterocycles. The molecule has 0 unspecified atom stereocenters. The summed E-state index contributed by atoms with van der Waals surface area (Å²) in [5.74, 6) is 3.84. The van der Waals surface area contributed by atoms with Crippen molar-refractivity contribution < 1.29 is 9.94 Å². The highest BCUT2D eigenvalue weighted by molar-refractivity contribution is 6.90. The van der Waals surface area contributed by atoms with Gasteiger partial charge in [0.25, 0.3) is 0 Å². The van der Waals surface area contributed by atoms with E-state index in [1.54, 1.807) is 7.11 Å². The predicted molar refractivity (Wildman–Crippen MR) is 100 cm³/mol. The van der Waals surface area contributed by atoms with Crippen LogP contribution in [0.5, 0.6) is 5.75 Å². The van der Waals surface area contributed by atoms with E-state index in [1.165, 1.54) is 0 Å². The van der Waals surface area contributed by atoms with E-state index < -0.39 is 8.07 Å². The quantitative estimate of drug-likeness (QED) is 0.268. The number of benzene rings is 1. The first kappa shape index (κ1) is 19.3. The van der Waals surface area contributed by atoms with Crippen LogP contribution in [0, 0.1) is 11.5 Å². The van der Waals surface area contributed by atoms with Crippen molar-refractivity contribution in [3.05, 3.63) is 29.8 Å². The van der Waals surface area contributed by atoms with Crippen molar-refractivity contribution in [1.29, 1.82) is 0 Å². The minimum Gasteiger partial charge on any atom is -0.496 e. The van der Waals surface area contributed by atoms with Gasteiger partial charge in [-0.15, -0.1) is 5.54 Å². The average Bonchev–Trinajstić information content (AvgIpc) is 2.50. The lowest BCUT2D eigenvalue weighted by Crippen LogP contribution is -2.43. The van der Waals surface area contributed by atoms with Gasteiger partial charge in [0.15, 0.2) is 5.71 Å². The average molecular weight is 332 g/mol. The molecule has 0 atom stereocenters. The molecular formula is C19H29NO2Si. The Labute approximate surface area is 141 Å². The van der Waals surface area contributed by atoms with Crippen LogP contribution in [0.15, 0.2) is 29.4 Å². The lowest BCUT2D eigenvalue weighted by atomic mass is 10.1. The third kappa shape index (κ3) is 3.97. The van der Waals surface area contributed by atoms with Crippen molar-refractivity contribution in [3.8, 4) is 17.2 Å². The smallest absolute Gasteiger partial charge is 0.162 e. The van der Waals surface area contributed by atoms with Gasteiger partial charge in [0.2, 0.25) is 0 Å².